The average Bonchev–Trinajstić information content (AvgIpc) is 3.17. The van der Waals surface area contributed by atoms with Crippen molar-refractivity contribution in [2.24, 2.45) is 23.2 Å². The normalized spacial score (nSPS) is 35.1. The third kappa shape index (κ3) is 3.53. The molecule has 5 nitrogen and oxygen atoms in total. The SMILES string of the molecule is Nc1ccc(CCNC(=O)C2CCCN2C(=O)C23CC4CC(CC(C4)C2)C3)cc1. The minimum atomic E-state index is -0.276. The Morgan fingerprint density at radius 2 is 1.66 bits per heavy atom. The van der Waals surface area contributed by atoms with Gasteiger partial charge in [-0.2, -0.15) is 0 Å². The predicted octanol–water partition coefficient (Wildman–Crippen LogP) is 3.13. The lowest BCUT2D eigenvalue weighted by Crippen LogP contribution is -2.57. The molecule has 1 aromatic carbocycles. The number of nitrogen functional groups attached to an aromatic ring is 1. The molecule has 5 aliphatic rings. The van der Waals surface area contributed by atoms with Crippen LogP contribution in [0.25, 0.3) is 0 Å². The third-order valence-electron chi connectivity index (χ3n) is 8.00. The van der Waals surface area contributed by atoms with Crippen LogP contribution in [0.15, 0.2) is 24.3 Å². The highest BCUT2D eigenvalue weighted by Gasteiger charge is 2.56. The quantitative estimate of drug-likeness (QED) is 0.752. The van der Waals surface area contributed by atoms with Crippen LogP contribution < -0.4 is 11.1 Å². The molecule has 6 rings (SSSR count). The first-order valence-electron chi connectivity index (χ1n) is 11.5. The van der Waals surface area contributed by atoms with Crippen molar-refractivity contribution in [1.82, 2.24) is 10.2 Å². The van der Waals surface area contributed by atoms with Crippen molar-refractivity contribution in [1.29, 1.82) is 0 Å². The number of hydrogen-bond donors (Lipinski definition) is 2. The minimum Gasteiger partial charge on any atom is -0.399 e. The average molecular weight is 396 g/mol. The van der Waals surface area contributed by atoms with E-state index in [0.717, 1.165) is 74.1 Å². The molecule has 5 fully saturated rings. The number of amides is 2. The first kappa shape index (κ1) is 19.0. The zero-order valence-corrected chi connectivity index (χ0v) is 17.2. The van der Waals surface area contributed by atoms with Crippen LogP contribution in [0.5, 0.6) is 0 Å². The maximum Gasteiger partial charge on any atom is 0.242 e. The summed E-state index contributed by atoms with van der Waals surface area (Å²) in [6.07, 6.45) is 9.73. The Morgan fingerprint density at radius 1 is 1.03 bits per heavy atom. The molecule has 1 saturated heterocycles. The smallest absolute Gasteiger partial charge is 0.242 e. The molecule has 3 N–H and O–H groups in total. The third-order valence-corrected chi connectivity index (χ3v) is 8.00. The van der Waals surface area contributed by atoms with Crippen LogP contribution in [-0.2, 0) is 16.0 Å². The predicted molar refractivity (Wildman–Crippen MR) is 113 cm³/mol. The number of nitrogens with zero attached hydrogens (tertiary/aromatic N) is 1. The number of carbonyl (C=O) groups is 2. The second-order valence-electron chi connectivity index (χ2n) is 10.1. The zero-order valence-electron chi connectivity index (χ0n) is 17.2. The molecule has 0 aromatic heterocycles. The Kier molecular flexibility index (Phi) is 4.79. The van der Waals surface area contributed by atoms with E-state index in [-0.39, 0.29) is 17.4 Å². The first-order valence-corrected chi connectivity index (χ1v) is 11.5. The van der Waals surface area contributed by atoms with Gasteiger partial charge in [0.05, 0.1) is 5.41 Å². The summed E-state index contributed by atoms with van der Waals surface area (Å²) < 4.78 is 0. The van der Waals surface area contributed by atoms with Crippen LogP contribution in [0.3, 0.4) is 0 Å². The van der Waals surface area contributed by atoms with Crippen LogP contribution in [0.4, 0.5) is 5.69 Å². The molecule has 1 aromatic rings. The summed E-state index contributed by atoms with van der Waals surface area (Å²) in [5.74, 6) is 2.57. The summed E-state index contributed by atoms with van der Waals surface area (Å²) >= 11 is 0. The van der Waals surface area contributed by atoms with Crippen LogP contribution in [0.2, 0.25) is 0 Å². The lowest BCUT2D eigenvalue weighted by Gasteiger charge is -2.56. The molecule has 4 aliphatic carbocycles. The van der Waals surface area contributed by atoms with Crippen LogP contribution >= 0.6 is 0 Å². The summed E-state index contributed by atoms with van der Waals surface area (Å²) in [5, 5.41) is 3.08. The summed E-state index contributed by atoms with van der Waals surface area (Å²) in [6.45, 7) is 1.34. The van der Waals surface area contributed by atoms with Crippen LogP contribution in [-0.4, -0.2) is 35.8 Å². The molecule has 4 bridgehead atoms. The monoisotopic (exact) mass is 395 g/mol. The number of anilines is 1. The van der Waals surface area contributed by atoms with Crippen molar-refractivity contribution in [2.75, 3.05) is 18.8 Å². The fraction of sp³-hybridized carbons (Fsp3) is 0.667. The number of hydrogen-bond acceptors (Lipinski definition) is 3. The molecule has 5 heteroatoms. The molecule has 1 unspecified atom stereocenters. The minimum absolute atomic E-state index is 0.0241. The van der Waals surface area contributed by atoms with Gasteiger partial charge in [-0.15, -0.1) is 0 Å². The number of carbonyl (C=O) groups excluding carboxylic acids is 2. The molecule has 29 heavy (non-hydrogen) atoms. The Balaban J connectivity index is 1.21. The fourth-order valence-electron chi connectivity index (χ4n) is 7.09. The van der Waals surface area contributed by atoms with Gasteiger partial charge in [0.2, 0.25) is 11.8 Å². The van der Waals surface area contributed by atoms with E-state index in [0.29, 0.717) is 12.5 Å². The number of likely N-dealkylation sites (tertiary alicyclic amines) is 1. The Labute approximate surface area is 173 Å². The summed E-state index contributed by atoms with van der Waals surface area (Å²) in [7, 11) is 0. The van der Waals surface area contributed by atoms with Gasteiger partial charge in [-0.25, -0.2) is 0 Å². The standard InChI is InChI=1S/C24H33N3O2/c25-20-5-3-16(4-6-20)7-8-26-22(28)21-2-1-9-27(21)23(29)24-13-17-10-18(14-24)12-19(11-17)15-24/h3-6,17-19,21H,1-2,7-15,25H2,(H,26,28). The molecular formula is C24H33N3O2. The molecular weight excluding hydrogens is 362 g/mol. The van der Waals surface area contributed by atoms with Gasteiger partial charge in [-0.1, -0.05) is 12.1 Å². The van der Waals surface area contributed by atoms with Gasteiger partial charge in [0.15, 0.2) is 0 Å². The fourth-order valence-corrected chi connectivity index (χ4v) is 7.09. The molecule has 1 aliphatic heterocycles. The molecule has 1 heterocycles. The van der Waals surface area contributed by atoms with E-state index in [2.05, 4.69) is 5.32 Å². The summed E-state index contributed by atoms with van der Waals surface area (Å²) in [6, 6.07) is 7.50. The summed E-state index contributed by atoms with van der Waals surface area (Å²) in [5.41, 5.74) is 7.49. The van der Waals surface area contributed by atoms with E-state index in [1.807, 2.05) is 29.2 Å². The highest BCUT2D eigenvalue weighted by molar-refractivity contribution is 5.91. The number of nitrogens with one attached hydrogen (secondary N) is 1. The van der Waals surface area contributed by atoms with E-state index in [1.165, 1.54) is 19.3 Å². The number of benzene rings is 1. The maximum atomic E-state index is 13.7. The van der Waals surface area contributed by atoms with Crippen LogP contribution in [0, 0.1) is 23.2 Å². The van der Waals surface area contributed by atoms with Gasteiger partial charge in [0.25, 0.3) is 0 Å². The van der Waals surface area contributed by atoms with Crippen molar-refractivity contribution >= 4 is 17.5 Å². The van der Waals surface area contributed by atoms with Gasteiger partial charge in [-0.05, 0) is 93.2 Å². The highest BCUT2D eigenvalue weighted by atomic mass is 16.2. The van der Waals surface area contributed by atoms with Gasteiger partial charge in [0, 0.05) is 18.8 Å². The molecule has 2 amide bonds. The van der Waals surface area contributed by atoms with Gasteiger partial charge in [-0.3, -0.25) is 9.59 Å². The zero-order chi connectivity index (χ0) is 20.0. The summed E-state index contributed by atoms with van der Waals surface area (Å²) in [4.78, 5) is 28.5. The van der Waals surface area contributed by atoms with E-state index < -0.39 is 0 Å². The van der Waals surface area contributed by atoms with Crippen molar-refractivity contribution in [3.63, 3.8) is 0 Å². The van der Waals surface area contributed by atoms with Crippen molar-refractivity contribution in [2.45, 2.75) is 63.8 Å². The Bertz CT molecular complexity index is 753. The van der Waals surface area contributed by atoms with Gasteiger partial charge in [0.1, 0.15) is 6.04 Å². The Morgan fingerprint density at radius 3 is 2.28 bits per heavy atom. The van der Waals surface area contributed by atoms with Crippen LogP contribution in [0.1, 0.15) is 56.9 Å². The van der Waals surface area contributed by atoms with Crippen molar-refractivity contribution in [3.8, 4) is 0 Å². The Hall–Kier alpha value is -2.04. The van der Waals surface area contributed by atoms with E-state index in [4.69, 9.17) is 5.73 Å². The van der Waals surface area contributed by atoms with E-state index >= 15 is 0 Å². The number of nitrogens with two attached hydrogens (primary N) is 1. The maximum absolute atomic E-state index is 13.7. The van der Waals surface area contributed by atoms with E-state index in [1.54, 1.807) is 0 Å². The highest BCUT2D eigenvalue weighted by Crippen LogP contribution is 2.60. The lowest BCUT2D eigenvalue weighted by atomic mass is 9.49. The lowest BCUT2D eigenvalue weighted by molar-refractivity contribution is -0.160. The van der Waals surface area contributed by atoms with Crippen molar-refractivity contribution < 1.29 is 9.59 Å². The second-order valence-corrected chi connectivity index (χ2v) is 10.1. The molecule has 1 atom stereocenters. The molecule has 0 spiro atoms. The molecule has 156 valence electrons. The molecule has 4 saturated carbocycles. The first-order chi connectivity index (χ1) is 14.0. The number of rotatable bonds is 5. The van der Waals surface area contributed by atoms with Gasteiger partial charge >= 0.3 is 0 Å². The van der Waals surface area contributed by atoms with E-state index in [9.17, 15) is 9.59 Å². The second kappa shape index (κ2) is 7.33. The van der Waals surface area contributed by atoms with Crippen molar-refractivity contribution in [3.05, 3.63) is 29.8 Å². The topological polar surface area (TPSA) is 75.4 Å². The molecule has 0 radical (unpaired) electrons. The van der Waals surface area contributed by atoms with Gasteiger partial charge < -0.3 is 16.0 Å². The largest absolute Gasteiger partial charge is 0.399 e.